The fourth-order valence-electron chi connectivity index (χ4n) is 4.09. The molecule has 21 heavy (non-hydrogen) atoms. The van der Waals surface area contributed by atoms with E-state index in [4.69, 9.17) is 5.73 Å². The second-order valence-electron chi connectivity index (χ2n) is 6.58. The van der Waals surface area contributed by atoms with Gasteiger partial charge in [0.15, 0.2) is 0 Å². The van der Waals surface area contributed by atoms with E-state index in [1.54, 1.807) is 0 Å². The first kappa shape index (κ1) is 15.3. The zero-order chi connectivity index (χ0) is 14.8. The van der Waals surface area contributed by atoms with Gasteiger partial charge in [0.1, 0.15) is 0 Å². The lowest BCUT2D eigenvalue weighted by Gasteiger charge is -2.45. The molecule has 0 heterocycles. The van der Waals surface area contributed by atoms with Gasteiger partial charge >= 0.3 is 0 Å². The molecule has 1 aromatic carbocycles. The van der Waals surface area contributed by atoms with Gasteiger partial charge in [-0.15, -0.1) is 0 Å². The zero-order valence-corrected chi connectivity index (χ0v) is 14.4. The standard InChI is InChI=1S/C17H23IN2O/c18-14-6-1-3-11(7-14)8-16(21)20-17-12-4-2-5-13(17)10-15(19)9-12/h1,3,6-7,12-13,15,17H,2,4-5,8-10,19H2,(H,20,21). The largest absolute Gasteiger partial charge is 0.353 e. The molecule has 0 aromatic heterocycles. The molecule has 2 saturated carbocycles. The quantitative estimate of drug-likeness (QED) is 0.770. The summed E-state index contributed by atoms with van der Waals surface area (Å²) in [5.74, 6) is 1.34. The molecular formula is C17H23IN2O. The molecule has 0 aliphatic heterocycles. The van der Waals surface area contributed by atoms with Crippen LogP contribution in [0.5, 0.6) is 0 Å². The smallest absolute Gasteiger partial charge is 0.224 e. The van der Waals surface area contributed by atoms with Crippen LogP contribution in [0.1, 0.15) is 37.7 Å². The third-order valence-corrected chi connectivity index (χ3v) is 5.63. The second kappa shape index (κ2) is 6.65. The van der Waals surface area contributed by atoms with Crippen LogP contribution in [0, 0.1) is 15.4 Å². The van der Waals surface area contributed by atoms with Crippen molar-refractivity contribution in [2.45, 2.75) is 50.6 Å². The Labute approximate surface area is 140 Å². The van der Waals surface area contributed by atoms with E-state index in [-0.39, 0.29) is 5.91 Å². The highest BCUT2D eigenvalue weighted by molar-refractivity contribution is 14.1. The maximum Gasteiger partial charge on any atom is 0.224 e. The zero-order valence-electron chi connectivity index (χ0n) is 12.2. The Morgan fingerprint density at radius 3 is 2.67 bits per heavy atom. The average molecular weight is 398 g/mol. The van der Waals surface area contributed by atoms with Crippen LogP contribution < -0.4 is 11.1 Å². The Kier molecular flexibility index (Phi) is 4.84. The fourth-order valence-corrected chi connectivity index (χ4v) is 4.70. The van der Waals surface area contributed by atoms with E-state index in [9.17, 15) is 4.79 Å². The molecule has 2 aliphatic carbocycles. The minimum absolute atomic E-state index is 0.161. The van der Waals surface area contributed by atoms with Gasteiger partial charge in [-0.2, -0.15) is 0 Å². The maximum atomic E-state index is 12.4. The fraction of sp³-hybridized carbons (Fsp3) is 0.588. The van der Waals surface area contributed by atoms with Crippen molar-refractivity contribution in [1.82, 2.24) is 5.32 Å². The number of amides is 1. The van der Waals surface area contributed by atoms with Gasteiger partial charge in [0, 0.05) is 15.7 Å². The molecule has 0 saturated heterocycles. The third-order valence-electron chi connectivity index (χ3n) is 4.96. The number of nitrogens with one attached hydrogen (secondary N) is 1. The van der Waals surface area contributed by atoms with Crippen molar-refractivity contribution in [2.75, 3.05) is 0 Å². The van der Waals surface area contributed by atoms with Crippen molar-refractivity contribution in [1.29, 1.82) is 0 Å². The number of hydrogen-bond donors (Lipinski definition) is 2. The Morgan fingerprint density at radius 1 is 1.29 bits per heavy atom. The molecule has 114 valence electrons. The number of hydrogen-bond acceptors (Lipinski definition) is 2. The van der Waals surface area contributed by atoms with Crippen LogP contribution in [0.2, 0.25) is 0 Å². The Hall–Kier alpha value is -0.620. The predicted octanol–water partition coefficient (Wildman–Crippen LogP) is 2.86. The molecular weight excluding hydrogens is 375 g/mol. The van der Waals surface area contributed by atoms with E-state index >= 15 is 0 Å². The highest BCUT2D eigenvalue weighted by Gasteiger charge is 2.39. The molecule has 2 fully saturated rings. The summed E-state index contributed by atoms with van der Waals surface area (Å²) in [5.41, 5.74) is 7.24. The first-order valence-electron chi connectivity index (χ1n) is 7.91. The number of benzene rings is 1. The first-order valence-corrected chi connectivity index (χ1v) is 8.99. The lowest BCUT2D eigenvalue weighted by Crippen LogP contribution is -2.54. The van der Waals surface area contributed by atoms with Gasteiger partial charge in [-0.1, -0.05) is 18.6 Å². The summed E-state index contributed by atoms with van der Waals surface area (Å²) in [4.78, 5) is 12.4. The van der Waals surface area contributed by atoms with Crippen LogP contribution in [0.15, 0.2) is 24.3 Å². The number of halogens is 1. The molecule has 2 bridgehead atoms. The molecule has 2 unspecified atom stereocenters. The van der Waals surface area contributed by atoms with Crippen molar-refractivity contribution < 1.29 is 4.79 Å². The summed E-state index contributed by atoms with van der Waals surface area (Å²) in [7, 11) is 0. The predicted molar refractivity (Wildman–Crippen MR) is 92.8 cm³/mol. The summed E-state index contributed by atoms with van der Waals surface area (Å²) in [6.07, 6.45) is 6.37. The summed E-state index contributed by atoms with van der Waals surface area (Å²) in [6, 6.07) is 8.86. The topological polar surface area (TPSA) is 55.1 Å². The maximum absolute atomic E-state index is 12.4. The van der Waals surface area contributed by atoms with E-state index in [1.165, 1.54) is 22.8 Å². The number of rotatable bonds is 3. The third kappa shape index (κ3) is 3.77. The van der Waals surface area contributed by atoms with Gasteiger partial charge in [0.25, 0.3) is 0 Å². The Balaban J connectivity index is 1.62. The number of nitrogens with two attached hydrogens (primary N) is 1. The molecule has 1 aromatic rings. The van der Waals surface area contributed by atoms with Crippen LogP contribution in [0.4, 0.5) is 0 Å². The van der Waals surface area contributed by atoms with Crippen molar-refractivity contribution in [3.63, 3.8) is 0 Å². The van der Waals surface area contributed by atoms with Gasteiger partial charge in [0.05, 0.1) is 6.42 Å². The van der Waals surface area contributed by atoms with Gasteiger partial charge in [-0.3, -0.25) is 4.79 Å². The minimum Gasteiger partial charge on any atom is -0.353 e. The van der Waals surface area contributed by atoms with Crippen LogP contribution >= 0.6 is 22.6 Å². The monoisotopic (exact) mass is 398 g/mol. The van der Waals surface area contributed by atoms with Crippen LogP contribution in [-0.2, 0) is 11.2 Å². The van der Waals surface area contributed by atoms with E-state index in [1.807, 2.05) is 12.1 Å². The second-order valence-corrected chi connectivity index (χ2v) is 7.83. The van der Waals surface area contributed by atoms with Crippen molar-refractivity contribution >= 4 is 28.5 Å². The number of carbonyl (C=O) groups excluding carboxylic acids is 1. The minimum atomic E-state index is 0.161. The van der Waals surface area contributed by atoms with Gasteiger partial charge < -0.3 is 11.1 Å². The van der Waals surface area contributed by atoms with Crippen LogP contribution in [0.3, 0.4) is 0 Å². The van der Waals surface area contributed by atoms with Gasteiger partial charge in [-0.25, -0.2) is 0 Å². The van der Waals surface area contributed by atoms with Gasteiger partial charge in [-0.05, 0) is 77.8 Å². The SMILES string of the molecule is NC1CC2CCCC(C1)C2NC(=O)Cc1cccc(I)c1. The lowest BCUT2D eigenvalue weighted by molar-refractivity contribution is -0.122. The van der Waals surface area contributed by atoms with E-state index in [0.29, 0.717) is 30.3 Å². The summed E-state index contributed by atoms with van der Waals surface area (Å²) >= 11 is 2.29. The molecule has 2 aliphatic rings. The number of fused-ring (bicyclic) bond motifs is 2. The van der Waals surface area contributed by atoms with E-state index < -0.39 is 0 Å². The normalized spacial score (nSPS) is 31.7. The highest BCUT2D eigenvalue weighted by Crippen LogP contribution is 2.39. The molecule has 1 amide bonds. The molecule has 4 heteroatoms. The molecule has 0 spiro atoms. The molecule has 3 N–H and O–H groups in total. The molecule has 0 radical (unpaired) electrons. The van der Waals surface area contributed by atoms with Crippen molar-refractivity contribution in [3.05, 3.63) is 33.4 Å². The molecule has 2 atom stereocenters. The Bertz CT molecular complexity index is 505. The highest BCUT2D eigenvalue weighted by atomic mass is 127. The summed E-state index contributed by atoms with van der Waals surface area (Å²) in [5, 5.41) is 3.31. The van der Waals surface area contributed by atoms with Crippen molar-refractivity contribution in [2.24, 2.45) is 17.6 Å². The van der Waals surface area contributed by atoms with E-state index in [0.717, 1.165) is 18.4 Å². The Morgan fingerprint density at radius 2 is 2.00 bits per heavy atom. The lowest BCUT2D eigenvalue weighted by atomic mass is 9.67. The number of carbonyl (C=O) groups is 1. The van der Waals surface area contributed by atoms with Crippen LogP contribution in [-0.4, -0.2) is 18.0 Å². The molecule has 3 rings (SSSR count). The average Bonchev–Trinajstić information content (AvgIpc) is 2.39. The summed E-state index contributed by atoms with van der Waals surface area (Å²) in [6.45, 7) is 0. The van der Waals surface area contributed by atoms with E-state index in [2.05, 4.69) is 40.0 Å². The molecule has 3 nitrogen and oxygen atoms in total. The summed E-state index contributed by atoms with van der Waals surface area (Å²) < 4.78 is 1.18. The van der Waals surface area contributed by atoms with Crippen LogP contribution in [0.25, 0.3) is 0 Å². The van der Waals surface area contributed by atoms with Crippen molar-refractivity contribution in [3.8, 4) is 0 Å². The van der Waals surface area contributed by atoms with Gasteiger partial charge in [0.2, 0.25) is 5.91 Å². The first-order chi connectivity index (χ1) is 10.1.